The molecule has 0 aliphatic carbocycles. The van der Waals surface area contributed by atoms with E-state index >= 15 is 0 Å². The Morgan fingerprint density at radius 3 is 2.44 bits per heavy atom. The van der Waals surface area contributed by atoms with Crippen molar-refractivity contribution in [1.29, 1.82) is 0 Å². The Morgan fingerprint density at radius 1 is 1.06 bits per heavy atom. The molecule has 4 rings (SSSR count). The standard InChI is InChI=1S/C27H23BrN2O2/c1-4-15-32-23-13-14-25-24(16-23)26(21-9-7-20(8-10-21)18(2)3)29-27(31)30(25)17-19-5-11-22(28)12-6-19/h1,5-14,16,18H,15,17H2,2-3H3. The molecule has 0 atom stereocenters. The Bertz CT molecular complexity index is 1350. The molecular formula is C27H23BrN2O2. The predicted octanol–water partition coefficient (Wildman–Crippen LogP) is 6.01. The van der Waals surface area contributed by atoms with Gasteiger partial charge in [0.2, 0.25) is 0 Å². The summed E-state index contributed by atoms with van der Waals surface area (Å²) in [4.78, 5) is 17.6. The number of halogens is 1. The largest absolute Gasteiger partial charge is 0.481 e. The molecule has 0 saturated carbocycles. The van der Waals surface area contributed by atoms with Crippen LogP contribution in [0.4, 0.5) is 0 Å². The van der Waals surface area contributed by atoms with Gasteiger partial charge in [0.1, 0.15) is 12.4 Å². The molecule has 160 valence electrons. The lowest BCUT2D eigenvalue weighted by atomic mass is 9.99. The van der Waals surface area contributed by atoms with Crippen molar-refractivity contribution < 1.29 is 4.74 Å². The van der Waals surface area contributed by atoms with E-state index < -0.39 is 0 Å². The first-order valence-electron chi connectivity index (χ1n) is 10.4. The number of terminal acetylenes is 1. The van der Waals surface area contributed by atoms with Crippen LogP contribution in [0.3, 0.4) is 0 Å². The van der Waals surface area contributed by atoms with Gasteiger partial charge in [-0.2, -0.15) is 4.98 Å². The van der Waals surface area contributed by atoms with Gasteiger partial charge in [0.05, 0.1) is 17.8 Å². The highest BCUT2D eigenvalue weighted by molar-refractivity contribution is 9.10. The Hall–Kier alpha value is -3.36. The van der Waals surface area contributed by atoms with Gasteiger partial charge in [-0.1, -0.05) is 72.1 Å². The normalized spacial score (nSPS) is 11.0. The van der Waals surface area contributed by atoms with Gasteiger partial charge in [-0.25, -0.2) is 4.79 Å². The van der Waals surface area contributed by atoms with Crippen molar-refractivity contribution >= 4 is 26.8 Å². The van der Waals surface area contributed by atoms with Crippen LogP contribution in [-0.4, -0.2) is 16.2 Å². The molecule has 0 amide bonds. The molecule has 5 heteroatoms. The molecule has 0 spiro atoms. The highest BCUT2D eigenvalue weighted by Crippen LogP contribution is 2.30. The summed E-state index contributed by atoms with van der Waals surface area (Å²) in [6.45, 7) is 4.91. The van der Waals surface area contributed by atoms with E-state index in [0.29, 0.717) is 23.9 Å². The first-order chi connectivity index (χ1) is 15.5. The molecule has 0 N–H and O–H groups in total. The zero-order valence-corrected chi connectivity index (χ0v) is 19.6. The van der Waals surface area contributed by atoms with Crippen LogP contribution in [0.1, 0.15) is 30.9 Å². The molecule has 3 aromatic carbocycles. The van der Waals surface area contributed by atoms with Crippen LogP contribution < -0.4 is 10.4 Å². The van der Waals surface area contributed by atoms with Gasteiger partial charge in [0.25, 0.3) is 0 Å². The van der Waals surface area contributed by atoms with Crippen molar-refractivity contribution in [2.75, 3.05) is 6.61 Å². The molecule has 0 fully saturated rings. The maximum atomic E-state index is 13.1. The topological polar surface area (TPSA) is 44.1 Å². The number of nitrogens with zero attached hydrogens (tertiary/aromatic N) is 2. The lowest BCUT2D eigenvalue weighted by Crippen LogP contribution is -2.24. The molecule has 1 aromatic heterocycles. The average Bonchev–Trinajstić information content (AvgIpc) is 2.80. The fraction of sp³-hybridized carbons (Fsp3) is 0.185. The van der Waals surface area contributed by atoms with Crippen molar-refractivity contribution in [3.63, 3.8) is 0 Å². The SMILES string of the molecule is C#CCOc1ccc2c(c1)c(-c1ccc(C(C)C)cc1)nc(=O)n2Cc1ccc(Br)cc1. The minimum Gasteiger partial charge on any atom is -0.481 e. The van der Waals surface area contributed by atoms with Gasteiger partial charge < -0.3 is 4.74 Å². The Kier molecular flexibility index (Phi) is 6.43. The molecule has 0 saturated heterocycles. The second-order valence-corrected chi connectivity index (χ2v) is 8.82. The number of hydrogen-bond donors (Lipinski definition) is 0. The zero-order chi connectivity index (χ0) is 22.7. The number of aromatic nitrogens is 2. The summed E-state index contributed by atoms with van der Waals surface area (Å²) in [6, 6.07) is 21.8. The lowest BCUT2D eigenvalue weighted by Gasteiger charge is -2.15. The molecule has 0 aliphatic rings. The highest BCUT2D eigenvalue weighted by atomic mass is 79.9. The van der Waals surface area contributed by atoms with Crippen LogP contribution in [0, 0.1) is 12.3 Å². The van der Waals surface area contributed by atoms with Crippen LogP contribution in [0.2, 0.25) is 0 Å². The summed E-state index contributed by atoms with van der Waals surface area (Å²) in [5.41, 5.74) is 4.28. The molecular weight excluding hydrogens is 464 g/mol. The summed E-state index contributed by atoms with van der Waals surface area (Å²) in [7, 11) is 0. The third kappa shape index (κ3) is 4.61. The van der Waals surface area contributed by atoms with Crippen LogP contribution >= 0.6 is 15.9 Å². The number of benzene rings is 3. The van der Waals surface area contributed by atoms with Gasteiger partial charge in [-0.3, -0.25) is 4.57 Å². The monoisotopic (exact) mass is 486 g/mol. The second kappa shape index (κ2) is 9.42. The van der Waals surface area contributed by atoms with E-state index in [1.165, 1.54) is 5.56 Å². The van der Waals surface area contributed by atoms with Crippen molar-refractivity contribution in [1.82, 2.24) is 9.55 Å². The third-order valence-corrected chi connectivity index (χ3v) is 5.91. The van der Waals surface area contributed by atoms with E-state index in [1.807, 2.05) is 54.6 Å². The molecule has 0 aliphatic heterocycles. The number of ether oxygens (including phenoxy) is 1. The average molecular weight is 487 g/mol. The van der Waals surface area contributed by atoms with Gasteiger partial charge in [-0.15, -0.1) is 6.42 Å². The van der Waals surface area contributed by atoms with E-state index in [-0.39, 0.29) is 12.3 Å². The number of hydrogen-bond acceptors (Lipinski definition) is 3. The highest BCUT2D eigenvalue weighted by Gasteiger charge is 2.14. The molecule has 4 nitrogen and oxygen atoms in total. The van der Waals surface area contributed by atoms with E-state index in [4.69, 9.17) is 11.2 Å². The van der Waals surface area contributed by atoms with Crippen LogP contribution in [0.5, 0.6) is 5.75 Å². The van der Waals surface area contributed by atoms with Gasteiger partial charge >= 0.3 is 5.69 Å². The molecule has 0 radical (unpaired) electrons. The minimum atomic E-state index is -0.291. The van der Waals surface area contributed by atoms with Crippen LogP contribution in [-0.2, 0) is 6.54 Å². The van der Waals surface area contributed by atoms with Gasteiger partial charge in [0, 0.05) is 15.4 Å². The van der Waals surface area contributed by atoms with E-state index in [1.54, 1.807) is 4.57 Å². The van der Waals surface area contributed by atoms with Crippen LogP contribution in [0.25, 0.3) is 22.2 Å². The molecule has 0 bridgehead atoms. The van der Waals surface area contributed by atoms with Crippen molar-refractivity contribution in [3.8, 4) is 29.4 Å². The minimum absolute atomic E-state index is 0.176. The maximum Gasteiger partial charge on any atom is 0.348 e. The zero-order valence-electron chi connectivity index (χ0n) is 18.0. The van der Waals surface area contributed by atoms with Crippen molar-refractivity contribution in [2.24, 2.45) is 0 Å². The number of rotatable bonds is 6. The van der Waals surface area contributed by atoms with Crippen molar-refractivity contribution in [2.45, 2.75) is 26.3 Å². The molecule has 4 aromatic rings. The summed E-state index contributed by atoms with van der Waals surface area (Å²) in [6.07, 6.45) is 5.35. The van der Waals surface area contributed by atoms with E-state index in [2.05, 4.69) is 52.8 Å². The lowest BCUT2D eigenvalue weighted by molar-refractivity contribution is 0.371. The molecule has 0 unspecified atom stereocenters. The molecule has 32 heavy (non-hydrogen) atoms. The number of fused-ring (bicyclic) bond motifs is 1. The quantitative estimate of drug-likeness (QED) is 0.313. The van der Waals surface area contributed by atoms with Crippen molar-refractivity contribution in [3.05, 3.63) is 92.8 Å². The van der Waals surface area contributed by atoms with Gasteiger partial charge in [-0.05, 0) is 47.4 Å². The smallest absolute Gasteiger partial charge is 0.348 e. The van der Waals surface area contributed by atoms with Crippen LogP contribution in [0.15, 0.2) is 76.0 Å². The Morgan fingerprint density at radius 2 is 1.78 bits per heavy atom. The van der Waals surface area contributed by atoms with E-state index in [9.17, 15) is 4.79 Å². The molecule has 1 heterocycles. The van der Waals surface area contributed by atoms with Gasteiger partial charge in [0.15, 0.2) is 0 Å². The summed E-state index contributed by atoms with van der Waals surface area (Å²) >= 11 is 3.45. The second-order valence-electron chi connectivity index (χ2n) is 7.90. The first-order valence-corrected chi connectivity index (χ1v) is 11.2. The maximum absolute atomic E-state index is 13.1. The summed E-state index contributed by atoms with van der Waals surface area (Å²) < 4.78 is 8.33. The third-order valence-electron chi connectivity index (χ3n) is 5.38. The Labute approximate surface area is 196 Å². The van der Waals surface area contributed by atoms with E-state index in [0.717, 1.165) is 26.5 Å². The summed E-state index contributed by atoms with van der Waals surface area (Å²) in [5.74, 6) is 3.56. The Balaban J connectivity index is 1.88. The fourth-order valence-electron chi connectivity index (χ4n) is 3.65. The first kappa shape index (κ1) is 21.9. The predicted molar refractivity (Wildman–Crippen MR) is 133 cm³/mol. The summed E-state index contributed by atoms with van der Waals surface area (Å²) in [5, 5.41) is 0.841. The fourth-order valence-corrected chi connectivity index (χ4v) is 3.91.